The van der Waals surface area contributed by atoms with Crippen LogP contribution in [0.2, 0.25) is 0 Å². The van der Waals surface area contributed by atoms with E-state index in [4.69, 9.17) is 24.7 Å². The number of rotatable bonds is 6. The molecule has 3 N–H and O–H groups in total. The molecule has 0 aromatic heterocycles. The first-order valence-corrected chi connectivity index (χ1v) is 7.92. The summed E-state index contributed by atoms with van der Waals surface area (Å²) in [6, 6.07) is 3.38. The van der Waals surface area contributed by atoms with Gasteiger partial charge >= 0.3 is 0 Å². The van der Waals surface area contributed by atoms with Crippen molar-refractivity contribution in [2.75, 3.05) is 34.5 Å². The lowest BCUT2D eigenvalue weighted by molar-refractivity contribution is -0.130. The van der Waals surface area contributed by atoms with Crippen molar-refractivity contribution >= 4 is 5.91 Å². The average molecular weight is 338 g/mol. The standard InChI is InChI=1S/C17H26N2O5/c1-11(19-16(20)17(18)5-7-24-8-6-17)12-9-13(21-2)15(23-4)14(10-12)22-3/h9-11H,5-8,18H2,1-4H3,(H,19,20). The first-order chi connectivity index (χ1) is 11.4. The number of hydrogen-bond acceptors (Lipinski definition) is 6. The second-order valence-corrected chi connectivity index (χ2v) is 5.92. The van der Waals surface area contributed by atoms with Crippen LogP contribution in [-0.2, 0) is 9.53 Å². The molecule has 2 rings (SSSR count). The van der Waals surface area contributed by atoms with E-state index in [2.05, 4.69) is 5.32 Å². The first-order valence-electron chi connectivity index (χ1n) is 7.92. The molecule has 134 valence electrons. The van der Waals surface area contributed by atoms with E-state index in [1.165, 1.54) is 0 Å². The summed E-state index contributed by atoms with van der Waals surface area (Å²) in [5, 5.41) is 2.98. The van der Waals surface area contributed by atoms with Crippen LogP contribution in [0.1, 0.15) is 31.4 Å². The van der Waals surface area contributed by atoms with Crippen molar-refractivity contribution in [1.29, 1.82) is 0 Å². The Hall–Kier alpha value is -1.99. The monoisotopic (exact) mass is 338 g/mol. The highest BCUT2D eigenvalue weighted by Crippen LogP contribution is 2.39. The highest BCUT2D eigenvalue weighted by molar-refractivity contribution is 5.86. The summed E-state index contributed by atoms with van der Waals surface area (Å²) in [6.07, 6.45) is 1.03. The average Bonchev–Trinajstić information content (AvgIpc) is 2.60. The number of amides is 1. The van der Waals surface area contributed by atoms with Crippen LogP contribution < -0.4 is 25.3 Å². The van der Waals surface area contributed by atoms with Gasteiger partial charge in [-0.05, 0) is 37.5 Å². The molecule has 7 nitrogen and oxygen atoms in total. The molecule has 1 atom stereocenters. The number of nitrogens with one attached hydrogen (secondary N) is 1. The van der Waals surface area contributed by atoms with Crippen molar-refractivity contribution in [3.8, 4) is 17.2 Å². The van der Waals surface area contributed by atoms with Gasteiger partial charge in [0, 0.05) is 13.2 Å². The molecule has 1 heterocycles. The minimum Gasteiger partial charge on any atom is -0.493 e. The van der Waals surface area contributed by atoms with Crippen LogP contribution in [0.15, 0.2) is 12.1 Å². The zero-order valence-electron chi connectivity index (χ0n) is 14.7. The van der Waals surface area contributed by atoms with Gasteiger partial charge in [0.2, 0.25) is 11.7 Å². The predicted molar refractivity (Wildman–Crippen MR) is 89.6 cm³/mol. The molecule has 0 spiro atoms. The maximum atomic E-state index is 12.6. The summed E-state index contributed by atoms with van der Waals surface area (Å²) in [4.78, 5) is 12.6. The normalized spacial score (nSPS) is 17.7. The van der Waals surface area contributed by atoms with Crippen LogP contribution in [-0.4, -0.2) is 46.0 Å². The minimum atomic E-state index is -0.882. The van der Waals surface area contributed by atoms with Gasteiger partial charge in [-0.25, -0.2) is 0 Å². The van der Waals surface area contributed by atoms with E-state index in [0.717, 1.165) is 5.56 Å². The summed E-state index contributed by atoms with van der Waals surface area (Å²) < 4.78 is 21.3. The predicted octanol–water partition coefficient (Wildman–Crippen LogP) is 1.40. The van der Waals surface area contributed by atoms with Gasteiger partial charge in [0.15, 0.2) is 11.5 Å². The van der Waals surface area contributed by atoms with Crippen LogP contribution >= 0.6 is 0 Å². The number of methoxy groups -OCH3 is 3. The smallest absolute Gasteiger partial charge is 0.240 e. The van der Waals surface area contributed by atoms with E-state index in [9.17, 15) is 4.79 Å². The van der Waals surface area contributed by atoms with Gasteiger partial charge in [0.1, 0.15) is 0 Å². The summed E-state index contributed by atoms with van der Waals surface area (Å²) in [5.41, 5.74) is 6.18. The number of hydrogen-bond donors (Lipinski definition) is 2. The molecule has 0 bridgehead atoms. The second kappa shape index (κ2) is 7.72. The molecular formula is C17H26N2O5. The van der Waals surface area contributed by atoms with Crippen molar-refractivity contribution in [1.82, 2.24) is 5.32 Å². The van der Waals surface area contributed by atoms with Crippen LogP contribution in [0.3, 0.4) is 0 Å². The number of ether oxygens (including phenoxy) is 4. The van der Waals surface area contributed by atoms with Crippen LogP contribution in [0.25, 0.3) is 0 Å². The molecule has 1 aliphatic rings. The molecule has 0 aliphatic carbocycles. The van der Waals surface area contributed by atoms with Gasteiger partial charge in [-0.1, -0.05) is 0 Å². The molecular weight excluding hydrogens is 312 g/mol. The van der Waals surface area contributed by atoms with Gasteiger partial charge in [-0.3, -0.25) is 4.79 Å². The number of nitrogens with two attached hydrogens (primary N) is 1. The van der Waals surface area contributed by atoms with Crippen LogP contribution in [0.5, 0.6) is 17.2 Å². The Kier molecular flexibility index (Phi) is 5.90. The zero-order valence-corrected chi connectivity index (χ0v) is 14.7. The summed E-state index contributed by atoms with van der Waals surface area (Å²) in [5.74, 6) is 1.43. The molecule has 1 fully saturated rings. The lowest BCUT2D eigenvalue weighted by Gasteiger charge is -2.33. The topological polar surface area (TPSA) is 92.0 Å². The zero-order chi connectivity index (χ0) is 17.7. The van der Waals surface area contributed by atoms with E-state index in [-0.39, 0.29) is 11.9 Å². The van der Waals surface area contributed by atoms with Gasteiger partial charge in [0.25, 0.3) is 0 Å². The minimum absolute atomic E-state index is 0.174. The molecule has 1 amide bonds. The lowest BCUT2D eigenvalue weighted by atomic mass is 9.90. The molecule has 24 heavy (non-hydrogen) atoms. The molecule has 1 aromatic rings. The van der Waals surface area contributed by atoms with Crippen molar-refractivity contribution < 1.29 is 23.7 Å². The third-order valence-corrected chi connectivity index (χ3v) is 4.37. The third kappa shape index (κ3) is 3.73. The Labute approximate surface area is 142 Å². The Morgan fingerprint density at radius 3 is 2.17 bits per heavy atom. The molecule has 1 aliphatic heterocycles. The number of benzene rings is 1. The SMILES string of the molecule is COc1cc(C(C)NC(=O)C2(N)CCOCC2)cc(OC)c1OC. The molecule has 1 unspecified atom stereocenters. The van der Waals surface area contributed by atoms with Gasteiger partial charge < -0.3 is 30.0 Å². The fraction of sp³-hybridized carbons (Fsp3) is 0.588. The van der Waals surface area contributed by atoms with Crippen molar-refractivity contribution in [2.24, 2.45) is 5.73 Å². The second-order valence-electron chi connectivity index (χ2n) is 5.92. The fourth-order valence-corrected chi connectivity index (χ4v) is 2.74. The summed E-state index contributed by atoms with van der Waals surface area (Å²) in [7, 11) is 4.66. The molecule has 1 saturated heterocycles. The Morgan fingerprint density at radius 1 is 1.17 bits per heavy atom. The van der Waals surface area contributed by atoms with Gasteiger partial charge in [0.05, 0.1) is 32.9 Å². The van der Waals surface area contributed by atoms with Crippen LogP contribution in [0, 0.1) is 0 Å². The van der Waals surface area contributed by atoms with Crippen molar-refractivity contribution in [3.63, 3.8) is 0 Å². The Bertz CT molecular complexity index is 559. The maximum Gasteiger partial charge on any atom is 0.240 e. The number of carbonyl (C=O) groups is 1. The van der Waals surface area contributed by atoms with Crippen molar-refractivity contribution in [3.05, 3.63) is 17.7 Å². The Balaban J connectivity index is 2.20. The largest absolute Gasteiger partial charge is 0.493 e. The highest BCUT2D eigenvalue weighted by Gasteiger charge is 2.36. The number of carbonyl (C=O) groups excluding carboxylic acids is 1. The Morgan fingerprint density at radius 2 is 1.71 bits per heavy atom. The highest BCUT2D eigenvalue weighted by atomic mass is 16.5. The lowest BCUT2D eigenvalue weighted by Crippen LogP contribution is -2.57. The van der Waals surface area contributed by atoms with Crippen LogP contribution in [0.4, 0.5) is 0 Å². The fourth-order valence-electron chi connectivity index (χ4n) is 2.74. The quantitative estimate of drug-likeness (QED) is 0.814. The molecule has 0 radical (unpaired) electrons. The van der Waals surface area contributed by atoms with Crippen molar-refractivity contribution in [2.45, 2.75) is 31.3 Å². The molecule has 1 aromatic carbocycles. The molecule has 0 saturated carbocycles. The van der Waals surface area contributed by atoms with E-state index < -0.39 is 5.54 Å². The van der Waals surface area contributed by atoms with E-state index in [0.29, 0.717) is 43.3 Å². The van der Waals surface area contributed by atoms with E-state index in [1.54, 1.807) is 21.3 Å². The summed E-state index contributed by atoms with van der Waals surface area (Å²) >= 11 is 0. The van der Waals surface area contributed by atoms with Gasteiger partial charge in [-0.2, -0.15) is 0 Å². The van der Waals surface area contributed by atoms with E-state index in [1.807, 2.05) is 19.1 Å². The maximum absolute atomic E-state index is 12.6. The van der Waals surface area contributed by atoms with Gasteiger partial charge in [-0.15, -0.1) is 0 Å². The summed E-state index contributed by atoms with van der Waals surface area (Å²) in [6.45, 7) is 2.90. The van der Waals surface area contributed by atoms with E-state index >= 15 is 0 Å². The molecule has 7 heteroatoms. The first kappa shape index (κ1) is 18.4. The third-order valence-electron chi connectivity index (χ3n) is 4.37.